The molecule has 4 saturated carbocycles. The Labute approximate surface area is 175 Å². The summed E-state index contributed by atoms with van der Waals surface area (Å²) in [5, 5.41) is 10.3. The molecule has 1 aromatic rings. The van der Waals surface area contributed by atoms with E-state index in [1.54, 1.807) is 0 Å². The van der Waals surface area contributed by atoms with Crippen molar-refractivity contribution < 1.29 is 14.6 Å². The maximum Gasteiger partial charge on any atom is 0.139 e. The molecular formula is C26H36O3. The van der Waals surface area contributed by atoms with E-state index < -0.39 is 0 Å². The van der Waals surface area contributed by atoms with Crippen molar-refractivity contribution in [2.45, 2.75) is 84.0 Å². The highest BCUT2D eigenvalue weighted by atomic mass is 16.5. The van der Waals surface area contributed by atoms with Gasteiger partial charge in [-0.25, -0.2) is 0 Å². The predicted molar refractivity (Wildman–Crippen MR) is 113 cm³/mol. The number of ketones is 1. The van der Waals surface area contributed by atoms with Gasteiger partial charge in [0.15, 0.2) is 0 Å². The molecule has 1 N–H and O–H groups in total. The molecule has 29 heavy (non-hydrogen) atoms. The van der Waals surface area contributed by atoms with Crippen molar-refractivity contribution in [2.24, 2.45) is 34.5 Å². The van der Waals surface area contributed by atoms with Gasteiger partial charge in [0, 0.05) is 11.8 Å². The molecular weight excluding hydrogens is 360 g/mol. The molecule has 0 unspecified atom stereocenters. The zero-order chi connectivity index (χ0) is 20.2. The number of aliphatic hydroxyl groups excluding tert-OH is 1. The quantitative estimate of drug-likeness (QED) is 0.768. The summed E-state index contributed by atoms with van der Waals surface area (Å²) in [6, 6.07) is 10.5. The SMILES string of the molecule is C[C@]12CC[C@@H](O)C[C@@H]1CC[C@@H]1[C@@H]2[C@@H](OCc2ccccc2)C[C@]2(C)C(=O)CC[C@@H]12. The molecule has 1 aromatic carbocycles. The molecule has 0 amide bonds. The Morgan fingerprint density at radius 2 is 1.90 bits per heavy atom. The van der Waals surface area contributed by atoms with Crippen molar-refractivity contribution in [3.05, 3.63) is 35.9 Å². The van der Waals surface area contributed by atoms with Crippen LogP contribution in [0.4, 0.5) is 0 Å². The number of benzene rings is 1. The fourth-order valence-electron chi connectivity index (χ4n) is 8.03. The van der Waals surface area contributed by atoms with Crippen molar-refractivity contribution in [2.75, 3.05) is 0 Å². The van der Waals surface area contributed by atoms with E-state index in [9.17, 15) is 9.90 Å². The van der Waals surface area contributed by atoms with Gasteiger partial charge in [-0.1, -0.05) is 44.2 Å². The Kier molecular flexibility index (Phi) is 4.90. The number of fused-ring (bicyclic) bond motifs is 5. The van der Waals surface area contributed by atoms with Crippen molar-refractivity contribution in [3.63, 3.8) is 0 Å². The van der Waals surface area contributed by atoms with E-state index in [0.29, 0.717) is 36.1 Å². The number of hydrogen-bond donors (Lipinski definition) is 1. The summed E-state index contributed by atoms with van der Waals surface area (Å²) in [6.07, 6.45) is 8.12. The Morgan fingerprint density at radius 3 is 2.69 bits per heavy atom. The summed E-state index contributed by atoms with van der Waals surface area (Å²) in [5.74, 6) is 2.71. The van der Waals surface area contributed by atoms with E-state index in [2.05, 4.69) is 38.1 Å². The van der Waals surface area contributed by atoms with Crippen LogP contribution in [0.2, 0.25) is 0 Å². The zero-order valence-electron chi connectivity index (χ0n) is 18.0. The van der Waals surface area contributed by atoms with Gasteiger partial charge in [-0.2, -0.15) is 0 Å². The average Bonchev–Trinajstić information content (AvgIpc) is 3.02. The van der Waals surface area contributed by atoms with Crippen molar-refractivity contribution in [3.8, 4) is 0 Å². The first-order valence-corrected chi connectivity index (χ1v) is 11.8. The van der Waals surface area contributed by atoms with Crippen LogP contribution in [-0.4, -0.2) is 23.1 Å². The van der Waals surface area contributed by atoms with E-state index in [4.69, 9.17) is 4.74 Å². The molecule has 3 heteroatoms. The van der Waals surface area contributed by atoms with Crippen molar-refractivity contribution >= 4 is 5.78 Å². The number of ether oxygens (including phenoxy) is 1. The van der Waals surface area contributed by atoms with Gasteiger partial charge in [-0.05, 0) is 79.6 Å². The minimum atomic E-state index is -0.195. The van der Waals surface area contributed by atoms with Gasteiger partial charge in [0.05, 0.1) is 18.8 Å². The number of Topliss-reactive ketones (excluding diaryl/α,β-unsaturated/α-hetero) is 1. The lowest BCUT2D eigenvalue weighted by Gasteiger charge is -2.62. The molecule has 0 radical (unpaired) electrons. The summed E-state index contributed by atoms with van der Waals surface area (Å²) in [5.41, 5.74) is 1.25. The third kappa shape index (κ3) is 3.11. The van der Waals surface area contributed by atoms with Crippen molar-refractivity contribution in [1.29, 1.82) is 0 Å². The summed E-state index contributed by atoms with van der Waals surface area (Å²) in [4.78, 5) is 12.9. The van der Waals surface area contributed by atoms with Gasteiger partial charge in [-0.3, -0.25) is 4.79 Å². The maximum absolute atomic E-state index is 12.9. The second-order valence-electron chi connectivity index (χ2n) is 10.9. The fraction of sp³-hybridized carbons (Fsp3) is 0.731. The summed E-state index contributed by atoms with van der Waals surface area (Å²) in [7, 11) is 0. The van der Waals surface area contributed by atoms with Gasteiger partial charge in [0.25, 0.3) is 0 Å². The Hall–Kier alpha value is -1.19. The van der Waals surface area contributed by atoms with E-state index in [0.717, 1.165) is 38.5 Å². The Balaban J connectivity index is 1.47. The summed E-state index contributed by atoms with van der Waals surface area (Å²) in [6.45, 7) is 5.35. The number of carbonyl (C=O) groups is 1. The van der Waals surface area contributed by atoms with E-state index in [-0.39, 0.29) is 23.0 Å². The Morgan fingerprint density at radius 1 is 1.10 bits per heavy atom. The zero-order valence-corrected chi connectivity index (χ0v) is 18.0. The second-order valence-corrected chi connectivity index (χ2v) is 10.9. The highest BCUT2D eigenvalue weighted by Gasteiger charge is 2.63. The molecule has 4 aliphatic rings. The topological polar surface area (TPSA) is 46.5 Å². The molecule has 5 rings (SSSR count). The normalized spacial score (nSPS) is 46.7. The van der Waals surface area contributed by atoms with Crippen LogP contribution in [0.3, 0.4) is 0 Å². The van der Waals surface area contributed by atoms with Crippen LogP contribution in [0.1, 0.15) is 70.8 Å². The van der Waals surface area contributed by atoms with Crippen molar-refractivity contribution in [1.82, 2.24) is 0 Å². The minimum Gasteiger partial charge on any atom is -0.393 e. The highest BCUT2D eigenvalue weighted by Crippen LogP contribution is 2.66. The first-order valence-electron chi connectivity index (χ1n) is 11.8. The van der Waals surface area contributed by atoms with Crippen LogP contribution in [-0.2, 0) is 16.1 Å². The number of aliphatic hydroxyl groups is 1. The first-order chi connectivity index (χ1) is 13.9. The smallest absolute Gasteiger partial charge is 0.139 e. The van der Waals surface area contributed by atoms with Gasteiger partial charge >= 0.3 is 0 Å². The lowest BCUT2D eigenvalue weighted by Crippen LogP contribution is -2.59. The standard InChI is InChI=1S/C26H36O3/c1-25-13-12-19(27)14-18(25)8-9-20-21-10-11-23(28)26(21,2)15-22(24(20)25)29-16-17-6-4-3-5-7-17/h3-7,18-22,24,27H,8-16H2,1-2H3/t18-,19+,20-,21-,22-,24+,25-,26-/m0/s1. The van der Waals surface area contributed by atoms with Crippen LogP contribution >= 0.6 is 0 Å². The molecule has 158 valence electrons. The summed E-state index contributed by atoms with van der Waals surface area (Å²) >= 11 is 0. The lowest BCUT2D eigenvalue weighted by atomic mass is 9.44. The van der Waals surface area contributed by atoms with Gasteiger partial charge in [-0.15, -0.1) is 0 Å². The average molecular weight is 397 g/mol. The molecule has 0 heterocycles. The molecule has 0 aromatic heterocycles. The van der Waals surface area contributed by atoms with Gasteiger partial charge in [0.2, 0.25) is 0 Å². The molecule has 4 aliphatic carbocycles. The highest BCUT2D eigenvalue weighted by molar-refractivity contribution is 5.87. The second kappa shape index (κ2) is 7.20. The van der Waals surface area contributed by atoms with Crippen LogP contribution in [0.15, 0.2) is 30.3 Å². The molecule has 4 fully saturated rings. The van der Waals surface area contributed by atoms with Crippen LogP contribution in [0, 0.1) is 34.5 Å². The Bertz CT molecular complexity index is 760. The first kappa shape index (κ1) is 19.8. The molecule has 0 aliphatic heterocycles. The lowest BCUT2D eigenvalue weighted by molar-refractivity contribution is -0.191. The minimum absolute atomic E-state index is 0.129. The van der Waals surface area contributed by atoms with Gasteiger partial charge in [0.1, 0.15) is 5.78 Å². The van der Waals surface area contributed by atoms with Crippen LogP contribution < -0.4 is 0 Å². The maximum atomic E-state index is 12.9. The monoisotopic (exact) mass is 396 g/mol. The molecule has 8 atom stereocenters. The van der Waals surface area contributed by atoms with Gasteiger partial charge < -0.3 is 9.84 Å². The predicted octanol–water partition coefficient (Wildman–Crippen LogP) is 5.15. The molecule has 3 nitrogen and oxygen atoms in total. The third-order valence-electron chi connectivity index (χ3n) is 9.56. The number of carbonyl (C=O) groups excluding carboxylic acids is 1. The van der Waals surface area contributed by atoms with Crippen LogP contribution in [0.25, 0.3) is 0 Å². The third-order valence-corrected chi connectivity index (χ3v) is 9.56. The van der Waals surface area contributed by atoms with E-state index in [1.165, 1.54) is 18.4 Å². The van der Waals surface area contributed by atoms with E-state index in [1.807, 2.05) is 6.07 Å². The largest absolute Gasteiger partial charge is 0.393 e. The molecule has 0 saturated heterocycles. The van der Waals surface area contributed by atoms with Crippen LogP contribution in [0.5, 0.6) is 0 Å². The fourth-order valence-corrected chi connectivity index (χ4v) is 8.03. The molecule has 0 spiro atoms. The van der Waals surface area contributed by atoms with E-state index >= 15 is 0 Å². The number of rotatable bonds is 3. The summed E-state index contributed by atoms with van der Waals surface area (Å²) < 4.78 is 6.69. The number of hydrogen-bond acceptors (Lipinski definition) is 3. The molecule has 0 bridgehead atoms.